The van der Waals surface area contributed by atoms with Crippen LogP contribution >= 0.6 is 0 Å². The van der Waals surface area contributed by atoms with Gasteiger partial charge in [0.2, 0.25) is 5.88 Å². The number of anilines is 1. The van der Waals surface area contributed by atoms with E-state index in [0.717, 1.165) is 17.5 Å². The van der Waals surface area contributed by atoms with Crippen molar-refractivity contribution in [3.8, 4) is 5.88 Å². The smallest absolute Gasteiger partial charge is 0.215 e. The molecule has 1 aliphatic rings. The van der Waals surface area contributed by atoms with E-state index in [2.05, 4.69) is 15.3 Å². The van der Waals surface area contributed by atoms with Crippen molar-refractivity contribution in [3.05, 3.63) is 36.0 Å². The SMILES string of the molecule is CCOc1cccc(NCc2cnc(C3CC3)o2)n1. The number of hydrogen-bond acceptors (Lipinski definition) is 5. The van der Waals surface area contributed by atoms with Gasteiger partial charge in [-0.25, -0.2) is 4.98 Å². The van der Waals surface area contributed by atoms with Gasteiger partial charge in [0.1, 0.15) is 11.6 Å². The maximum absolute atomic E-state index is 5.67. The number of aromatic nitrogens is 2. The van der Waals surface area contributed by atoms with E-state index in [0.29, 0.717) is 24.9 Å². The van der Waals surface area contributed by atoms with Gasteiger partial charge in [0.05, 0.1) is 19.3 Å². The topological polar surface area (TPSA) is 60.2 Å². The van der Waals surface area contributed by atoms with E-state index in [1.807, 2.05) is 25.1 Å². The van der Waals surface area contributed by atoms with E-state index in [9.17, 15) is 0 Å². The van der Waals surface area contributed by atoms with E-state index in [1.165, 1.54) is 12.8 Å². The third-order valence-electron chi connectivity index (χ3n) is 2.96. The van der Waals surface area contributed by atoms with E-state index < -0.39 is 0 Å². The van der Waals surface area contributed by atoms with Crippen molar-refractivity contribution in [2.45, 2.75) is 32.2 Å². The first-order valence-corrected chi connectivity index (χ1v) is 6.63. The van der Waals surface area contributed by atoms with Crippen molar-refractivity contribution < 1.29 is 9.15 Å². The number of ether oxygens (including phenoxy) is 1. The molecule has 0 saturated heterocycles. The van der Waals surface area contributed by atoms with Crippen molar-refractivity contribution >= 4 is 5.82 Å². The summed E-state index contributed by atoms with van der Waals surface area (Å²) in [7, 11) is 0. The van der Waals surface area contributed by atoms with Crippen LogP contribution in [-0.4, -0.2) is 16.6 Å². The number of hydrogen-bond donors (Lipinski definition) is 1. The van der Waals surface area contributed by atoms with Gasteiger partial charge in [-0.1, -0.05) is 6.07 Å². The summed E-state index contributed by atoms with van der Waals surface area (Å²) in [4.78, 5) is 8.62. The molecular formula is C14H17N3O2. The fraction of sp³-hybridized carbons (Fsp3) is 0.429. The zero-order chi connectivity index (χ0) is 13.1. The number of pyridine rings is 1. The summed E-state index contributed by atoms with van der Waals surface area (Å²) in [5.74, 6) is 3.66. The van der Waals surface area contributed by atoms with Crippen LogP contribution in [0.1, 0.15) is 37.3 Å². The second-order valence-electron chi connectivity index (χ2n) is 4.59. The van der Waals surface area contributed by atoms with Gasteiger partial charge in [0.15, 0.2) is 5.89 Å². The van der Waals surface area contributed by atoms with Crippen molar-refractivity contribution in [2.75, 3.05) is 11.9 Å². The van der Waals surface area contributed by atoms with Crippen LogP contribution in [0.15, 0.2) is 28.8 Å². The Balaban J connectivity index is 1.59. The summed E-state index contributed by atoms with van der Waals surface area (Å²) < 4.78 is 11.0. The van der Waals surface area contributed by atoms with Gasteiger partial charge in [0.25, 0.3) is 0 Å². The van der Waals surface area contributed by atoms with Crippen LogP contribution in [-0.2, 0) is 6.54 Å². The molecule has 0 bridgehead atoms. The molecule has 100 valence electrons. The molecule has 0 spiro atoms. The van der Waals surface area contributed by atoms with E-state index in [4.69, 9.17) is 9.15 Å². The van der Waals surface area contributed by atoms with Crippen LogP contribution < -0.4 is 10.1 Å². The van der Waals surface area contributed by atoms with Crippen LogP contribution in [0.4, 0.5) is 5.82 Å². The quantitative estimate of drug-likeness (QED) is 0.864. The van der Waals surface area contributed by atoms with E-state index in [-0.39, 0.29) is 0 Å². The summed E-state index contributed by atoms with van der Waals surface area (Å²) in [6.45, 7) is 3.14. The summed E-state index contributed by atoms with van der Waals surface area (Å²) in [5, 5.41) is 3.21. The van der Waals surface area contributed by atoms with Gasteiger partial charge in [-0.05, 0) is 25.8 Å². The van der Waals surface area contributed by atoms with Gasteiger partial charge in [0, 0.05) is 12.0 Å². The second-order valence-corrected chi connectivity index (χ2v) is 4.59. The Hall–Kier alpha value is -2.04. The average molecular weight is 259 g/mol. The van der Waals surface area contributed by atoms with Crippen LogP contribution in [0.3, 0.4) is 0 Å². The minimum absolute atomic E-state index is 0.549. The highest BCUT2D eigenvalue weighted by Crippen LogP contribution is 2.39. The largest absolute Gasteiger partial charge is 0.478 e. The minimum Gasteiger partial charge on any atom is -0.478 e. The first kappa shape index (κ1) is 12.0. The molecule has 2 aromatic heterocycles. The molecule has 0 atom stereocenters. The monoisotopic (exact) mass is 259 g/mol. The Kier molecular flexibility index (Phi) is 3.35. The first-order valence-electron chi connectivity index (χ1n) is 6.63. The fourth-order valence-corrected chi connectivity index (χ4v) is 1.84. The molecule has 0 aromatic carbocycles. The van der Waals surface area contributed by atoms with Crippen molar-refractivity contribution in [3.63, 3.8) is 0 Å². The molecule has 0 unspecified atom stereocenters. The molecule has 0 aliphatic heterocycles. The molecule has 3 rings (SSSR count). The Labute approximate surface area is 112 Å². The van der Waals surface area contributed by atoms with Crippen molar-refractivity contribution in [2.24, 2.45) is 0 Å². The second kappa shape index (κ2) is 5.30. The molecule has 1 saturated carbocycles. The predicted octanol–water partition coefficient (Wildman–Crippen LogP) is 2.96. The number of rotatable bonds is 6. The Bertz CT molecular complexity index is 549. The predicted molar refractivity (Wildman–Crippen MR) is 71.2 cm³/mol. The Morgan fingerprint density at radius 1 is 1.42 bits per heavy atom. The normalized spacial score (nSPS) is 14.4. The Morgan fingerprint density at radius 3 is 3.11 bits per heavy atom. The molecule has 19 heavy (non-hydrogen) atoms. The van der Waals surface area contributed by atoms with Crippen LogP contribution in [0.5, 0.6) is 5.88 Å². The molecule has 1 aliphatic carbocycles. The molecular weight excluding hydrogens is 242 g/mol. The highest BCUT2D eigenvalue weighted by Gasteiger charge is 2.28. The summed E-state index contributed by atoms with van der Waals surface area (Å²) >= 11 is 0. The highest BCUT2D eigenvalue weighted by molar-refractivity contribution is 5.37. The van der Waals surface area contributed by atoms with Crippen molar-refractivity contribution in [1.29, 1.82) is 0 Å². The zero-order valence-corrected chi connectivity index (χ0v) is 10.9. The maximum atomic E-state index is 5.67. The van der Waals surface area contributed by atoms with Gasteiger partial charge in [-0.3, -0.25) is 0 Å². The molecule has 5 heteroatoms. The number of nitrogens with one attached hydrogen (secondary N) is 1. The zero-order valence-electron chi connectivity index (χ0n) is 10.9. The molecule has 5 nitrogen and oxygen atoms in total. The summed E-state index contributed by atoms with van der Waals surface area (Å²) in [6, 6.07) is 5.66. The lowest BCUT2D eigenvalue weighted by molar-refractivity contribution is 0.327. The summed E-state index contributed by atoms with van der Waals surface area (Å²) in [5.41, 5.74) is 0. The average Bonchev–Trinajstić information content (AvgIpc) is 3.17. The summed E-state index contributed by atoms with van der Waals surface area (Å²) in [6.07, 6.45) is 4.18. The van der Waals surface area contributed by atoms with Crippen LogP contribution in [0.25, 0.3) is 0 Å². The Morgan fingerprint density at radius 2 is 2.32 bits per heavy atom. The van der Waals surface area contributed by atoms with E-state index in [1.54, 1.807) is 6.20 Å². The fourth-order valence-electron chi connectivity index (χ4n) is 1.84. The third-order valence-corrected chi connectivity index (χ3v) is 2.96. The molecule has 1 N–H and O–H groups in total. The maximum Gasteiger partial charge on any atom is 0.215 e. The van der Waals surface area contributed by atoms with Crippen LogP contribution in [0, 0.1) is 0 Å². The molecule has 2 aromatic rings. The van der Waals surface area contributed by atoms with Gasteiger partial charge >= 0.3 is 0 Å². The first-order chi connectivity index (χ1) is 9.35. The lowest BCUT2D eigenvalue weighted by Crippen LogP contribution is -2.02. The van der Waals surface area contributed by atoms with E-state index >= 15 is 0 Å². The molecule has 0 radical (unpaired) electrons. The molecule has 1 fully saturated rings. The lowest BCUT2D eigenvalue weighted by Gasteiger charge is -2.06. The third kappa shape index (κ3) is 3.05. The van der Waals surface area contributed by atoms with Crippen molar-refractivity contribution in [1.82, 2.24) is 9.97 Å². The number of oxazole rings is 1. The molecule has 0 amide bonds. The number of nitrogens with zero attached hydrogens (tertiary/aromatic N) is 2. The standard InChI is InChI=1S/C14H17N3O2/c1-2-18-13-5-3-4-12(17-13)15-8-11-9-16-14(19-11)10-6-7-10/h3-5,9-10H,2,6-8H2,1H3,(H,15,17). The van der Waals surface area contributed by atoms with Gasteiger partial charge in [-0.2, -0.15) is 4.98 Å². The minimum atomic E-state index is 0.549. The lowest BCUT2D eigenvalue weighted by atomic mass is 10.4. The highest BCUT2D eigenvalue weighted by atomic mass is 16.5. The van der Waals surface area contributed by atoms with Gasteiger partial charge < -0.3 is 14.5 Å². The van der Waals surface area contributed by atoms with Gasteiger partial charge in [-0.15, -0.1) is 0 Å². The molecule has 2 heterocycles. The van der Waals surface area contributed by atoms with Crippen LogP contribution in [0.2, 0.25) is 0 Å².